The summed E-state index contributed by atoms with van der Waals surface area (Å²) in [5.74, 6) is -1.65. The molecule has 0 atom stereocenters. The van der Waals surface area contributed by atoms with Crippen LogP contribution in [0.15, 0.2) is 71.4 Å². The summed E-state index contributed by atoms with van der Waals surface area (Å²) in [6.07, 6.45) is 0. The third-order valence-electron chi connectivity index (χ3n) is 5.04. The number of nitrogens with one attached hydrogen (secondary N) is 2. The zero-order valence-electron chi connectivity index (χ0n) is 17.5. The van der Waals surface area contributed by atoms with E-state index in [1.807, 2.05) is 0 Å². The first-order valence-corrected chi connectivity index (χ1v) is 11.3. The number of benzene rings is 3. The molecule has 1 aliphatic rings. The van der Waals surface area contributed by atoms with Gasteiger partial charge in [0.25, 0.3) is 17.7 Å². The molecule has 4 rings (SSSR count). The molecule has 2 N–H and O–H groups in total. The van der Waals surface area contributed by atoms with E-state index in [9.17, 15) is 14.4 Å². The molecule has 1 heterocycles. The molecule has 3 aromatic carbocycles. The van der Waals surface area contributed by atoms with Gasteiger partial charge in [-0.05, 0) is 67.1 Å². The Hall–Kier alpha value is -3.03. The summed E-state index contributed by atoms with van der Waals surface area (Å²) in [4.78, 5) is 39.2. The lowest BCUT2D eigenvalue weighted by Crippen LogP contribution is -2.32. The number of rotatable bonds is 5. The van der Waals surface area contributed by atoms with E-state index >= 15 is 0 Å². The highest BCUT2D eigenvalue weighted by Crippen LogP contribution is 2.33. The minimum Gasteiger partial charge on any atom is -0.350 e. The van der Waals surface area contributed by atoms with E-state index in [1.165, 1.54) is 12.1 Å². The third-order valence-corrected chi connectivity index (χ3v) is 6.17. The SMILES string of the molecule is Cc1ccc(Cl)cc1N1C(=O)C(Cl)=C(Nc2ccc(C(=O)Nc3ccc(Cl)cc3Cl)cc2)C1=O. The molecule has 3 aromatic rings. The molecule has 0 aromatic heterocycles. The molecule has 0 saturated carbocycles. The summed E-state index contributed by atoms with van der Waals surface area (Å²) in [7, 11) is 0. The second-order valence-electron chi connectivity index (χ2n) is 7.35. The van der Waals surface area contributed by atoms with Gasteiger partial charge in [0.05, 0.1) is 16.4 Å². The van der Waals surface area contributed by atoms with Gasteiger partial charge in [-0.2, -0.15) is 0 Å². The molecule has 6 nitrogen and oxygen atoms in total. The van der Waals surface area contributed by atoms with Crippen molar-refractivity contribution in [3.63, 3.8) is 0 Å². The lowest BCUT2D eigenvalue weighted by molar-refractivity contribution is -0.120. The average molecular weight is 535 g/mol. The van der Waals surface area contributed by atoms with E-state index in [2.05, 4.69) is 10.6 Å². The molecule has 0 saturated heterocycles. The smallest absolute Gasteiger partial charge is 0.283 e. The summed E-state index contributed by atoms with van der Waals surface area (Å²) in [6, 6.07) is 15.9. The predicted octanol–water partition coefficient (Wildman–Crippen LogP) is 6.64. The average Bonchev–Trinajstić information content (AvgIpc) is 3.01. The number of halogens is 4. The molecule has 3 amide bonds. The molecule has 1 aliphatic heterocycles. The van der Waals surface area contributed by atoms with Gasteiger partial charge >= 0.3 is 0 Å². The fourth-order valence-electron chi connectivity index (χ4n) is 3.29. The van der Waals surface area contributed by atoms with Gasteiger partial charge in [0.1, 0.15) is 10.7 Å². The van der Waals surface area contributed by atoms with Crippen LogP contribution in [-0.2, 0) is 9.59 Å². The Morgan fingerprint density at radius 3 is 2.15 bits per heavy atom. The van der Waals surface area contributed by atoms with Crippen LogP contribution in [0.3, 0.4) is 0 Å². The Morgan fingerprint density at radius 1 is 0.824 bits per heavy atom. The molecule has 0 radical (unpaired) electrons. The summed E-state index contributed by atoms with van der Waals surface area (Å²) < 4.78 is 0. The molecule has 0 unspecified atom stereocenters. The predicted molar refractivity (Wildman–Crippen MR) is 136 cm³/mol. The van der Waals surface area contributed by atoms with Crippen molar-refractivity contribution in [2.75, 3.05) is 15.5 Å². The first-order valence-electron chi connectivity index (χ1n) is 9.84. The van der Waals surface area contributed by atoms with E-state index in [1.54, 1.807) is 55.5 Å². The number of anilines is 3. The number of aryl methyl sites for hydroxylation is 1. The first-order chi connectivity index (χ1) is 16.2. The Labute approximate surface area is 215 Å². The largest absolute Gasteiger partial charge is 0.350 e. The van der Waals surface area contributed by atoms with Gasteiger partial charge in [-0.15, -0.1) is 0 Å². The van der Waals surface area contributed by atoms with Crippen molar-refractivity contribution < 1.29 is 14.4 Å². The van der Waals surface area contributed by atoms with Gasteiger partial charge in [-0.25, -0.2) is 4.90 Å². The Kier molecular flexibility index (Phi) is 6.86. The van der Waals surface area contributed by atoms with E-state index in [0.717, 1.165) is 4.90 Å². The first kappa shape index (κ1) is 24.1. The number of carbonyl (C=O) groups is 3. The highest BCUT2D eigenvalue weighted by Gasteiger charge is 2.39. The maximum atomic E-state index is 13.0. The topological polar surface area (TPSA) is 78.5 Å². The van der Waals surface area contributed by atoms with Gasteiger partial charge in [0, 0.05) is 21.3 Å². The van der Waals surface area contributed by atoms with Crippen molar-refractivity contribution in [1.29, 1.82) is 0 Å². The molecule has 0 spiro atoms. The molecular formula is C24H15Cl4N3O3. The minimum atomic E-state index is -0.657. The van der Waals surface area contributed by atoms with Gasteiger partial charge in [0.2, 0.25) is 0 Å². The standard InChI is InChI=1S/C24H15Cl4N3O3/c1-12-2-5-15(26)11-19(12)31-23(33)20(28)21(24(31)34)29-16-7-3-13(4-8-16)22(32)30-18-9-6-14(25)10-17(18)27/h2-11,29H,1H3,(H,30,32). The van der Waals surface area contributed by atoms with Gasteiger partial charge in [0.15, 0.2) is 0 Å². The molecule has 0 fully saturated rings. The quantitative estimate of drug-likeness (QED) is 0.359. The lowest BCUT2D eigenvalue weighted by atomic mass is 10.1. The molecule has 0 bridgehead atoms. The number of amides is 3. The van der Waals surface area contributed by atoms with Crippen LogP contribution in [-0.4, -0.2) is 17.7 Å². The van der Waals surface area contributed by atoms with E-state index in [-0.39, 0.29) is 16.6 Å². The maximum Gasteiger partial charge on any atom is 0.283 e. The second-order valence-corrected chi connectivity index (χ2v) is 9.00. The Bertz CT molecular complexity index is 1370. The maximum absolute atomic E-state index is 13.0. The molecule has 0 aliphatic carbocycles. The van der Waals surface area contributed by atoms with Crippen molar-refractivity contribution in [1.82, 2.24) is 0 Å². The summed E-state index contributed by atoms with van der Waals surface area (Å²) in [5, 5.41) is 6.47. The molecule has 172 valence electrons. The fourth-order valence-corrected chi connectivity index (χ4v) is 4.12. The normalized spacial score (nSPS) is 13.5. The number of imide groups is 1. The minimum absolute atomic E-state index is 0.0730. The third kappa shape index (κ3) is 4.76. The number of hydrogen-bond acceptors (Lipinski definition) is 4. The zero-order chi connectivity index (χ0) is 24.6. The van der Waals surface area contributed by atoms with Crippen molar-refractivity contribution in [3.8, 4) is 0 Å². The summed E-state index contributed by atoms with van der Waals surface area (Å²) >= 11 is 24.2. The van der Waals surface area contributed by atoms with E-state index in [4.69, 9.17) is 46.4 Å². The van der Waals surface area contributed by atoms with Crippen LogP contribution < -0.4 is 15.5 Å². The van der Waals surface area contributed by atoms with Crippen LogP contribution >= 0.6 is 46.4 Å². The monoisotopic (exact) mass is 533 g/mol. The van der Waals surface area contributed by atoms with Gasteiger partial charge in [-0.3, -0.25) is 14.4 Å². The van der Waals surface area contributed by atoms with E-state index < -0.39 is 11.8 Å². The zero-order valence-corrected chi connectivity index (χ0v) is 20.5. The molecular weight excluding hydrogens is 520 g/mol. The summed E-state index contributed by atoms with van der Waals surface area (Å²) in [6.45, 7) is 1.76. The van der Waals surface area contributed by atoms with Crippen molar-refractivity contribution in [3.05, 3.63) is 97.6 Å². The Balaban J connectivity index is 1.50. The van der Waals surface area contributed by atoms with E-state index in [0.29, 0.717) is 43.3 Å². The highest BCUT2D eigenvalue weighted by molar-refractivity contribution is 6.53. The summed E-state index contributed by atoms with van der Waals surface area (Å²) in [5.41, 5.74) is 2.19. The fraction of sp³-hybridized carbons (Fsp3) is 0.0417. The van der Waals surface area contributed by atoms with Crippen LogP contribution in [0.2, 0.25) is 15.1 Å². The molecule has 10 heteroatoms. The van der Waals surface area contributed by atoms with Crippen LogP contribution in [0.4, 0.5) is 17.1 Å². The second kappa shape index (κ2) is 9.68. The lowest BCUT2D eigenvalue weighted by Gasteiger charge is -2.17. The molecule has 34 heavy (non-hydrogen) atoms. The Morgan fingerprint density at radius 2 is 1.47 bits per heavy atom. The van der Waals surface area contributed by atoms with Crippen LogP contribution in [0.5, 0.6) is 0 Å². The number of hydrogen-bond donors (Lipinski definition) is 2. The van der Waals surface area contributed by atoms with Gasteiger partial charge < -0.3 is 10.6 Å². The number of nitrogens with zero attached hydrogens (tertiary/aromatic N) is 1. The van der Waals surface area contributed by atoms with Crippen LogP contribution in [0.1, 0.15) is 15.9 Å². The van der Waals surface area contributed by atoms with Crippen molar-refractivity contribution in [2.24, 2.45) is 0 Å². The van der Waals surface area contributed by atoms with Crippen molar-refractivity contribution in [2.45, 2.75) is 6.92 Å². The van der Waals surface area contributed by atoms with Crippen LogP contribution in [0, 0.1) is 6.92 Å². The highest BCUT2D eigenvalue weighted by atomic mass is 35.5. The van der Waals surface area contributed by atoms with Gasteiger partial charge in [-0.1, -0.05) is 52.5 Å². The van der Waals surface area contributed by atoms with Crippen molar-refractivity contribution >= 4 is 81.2 Å². The number of carbonyl (C=O) groups excluding carboxylic acids is 3. The van der Waals surface area contributed by atoms with Crippen LogP contribution in [0.25, 0.3) is 0 Å².